The summed E-state index contributed by atoms with van der Waals surface area (Å²) in [5, 5.41) is 4.89. The molecule has 0 amide bonds. The third-order valence-corrected chi connectivity index (χ3v) is 4.00. The van der Waals surface area contributed by atoms with Crippen molar-refractivity contribution >= 4 is 23.5 Å². The molecule has 25 heavy (non-hydrogen) atoms. The van der Waals surface area contributed by atoms with E-state index in [0.29, 0.717) is 11.6 Å². The maximum absolute atomic E-state index is 5.94. The van der Waals surface area contributed by atoms with E-state index >= 15 is 0 Å². The van der Waals surface area contributed by atoms with Crippen molar-refractivity contribution in [3.05, 3.63) is 94.5 Å². The van der Waals surface area contributed by atoms with Crippen molar-refractivity contribution in [2.75, 3.05) is 5.43 Å². The molecule has 0 aromatic heterocycles. The zero-order chi connectivity index (χ0) is 17.5. The lowest BCUT2D eigenvalue weighted by molar-refractivity contribution is 0.305. The molecule has 0 fully saturated rings. The van der Waals surface area contributed by atoms with Crippen LogP contribution in [0.5, 0.6) is 5.75 Å². The Kier molecular flexibility index (Phi) is 5.70. The molecule has 3 nitrogen and oxygen atoms in total. The second kappa shape index (κ2) is 8.36. The van der Waals surface area contributed by atoms with Crippen molar-refractivity contribution < 1.29 is 4.74 Å². The second-order valence-corrected chi connectivity index (χ2v) is 6.10. The summed E-state index contributed by atoms with van der Waals surface area (Å²) >= 11 is 5.94. The van der Waals surface area contributed by atoms with Crippen LogP contribution >= 0.6 is 11.6 Å². The maximum atomic E-state index is 5.94. The summed E-state index contributed by atoms with van der Waals surface area (Å²) in [6.07, 6.45) is 1.76. The van der Waals surface area contributed by atoms with Gasteiger partial charge in [0.1, 0.15) is 12.4 Å². The van der Waals surface area contributed by atoms with Crippen LogP contribution in [0.25, 0.3) is 0 Å². The predicted octanol–water partition coefficient (Wildman–Crippen LogP) is 5.67. The molecule has 0 bridgehead atoms. The van der Waals surface area contributed by atoms with Gasteiger partial charge in [0.2, 0.25) is 0 Å². The summed E-state index contributed by atoms with van der Waals surface area (Å²) in [7, 11) is 0. The third kappa shape index (κ3) is 5.10. The first-order valence-corrected chi connectivity index (χ1v) is 8.40. The molecule has 0 heterocycles. The van der Waals surface area contributed by atoms with Crippen molar-refractivity contribution in [2.24, 2.45) is 5.10 Å². The highest BCUT2D eigenvalue weighted by Gasteiger charge is 1.99. The first-order chi connectivity index (χ1) is 12.2. The topological polar surface area (TPSA) is 33.6 Å². The molecule has 0 aliphatic rings. The van der Waals surface area contributed by atoms with Gasteiger partial charge in [-0.2, -0.15) is 5.10 Å². The summed E-state index contributed by atoms with van der Waals surface area (Å²) < 4.78 is 5.84. The van der Waals surface area contributed by atoms with Crippen LogP contribution in [0.15, 0.2) is 77.9 Å². The normalized spacial score (nSPS) is 10.8. The monoisotopic (exact) mass is 350 g/mol. The Bertz CT molecular complexity index is 860. The standard InChI is InChI=1S/C21H19ClN2O/c1-16-5-2-3-6-18(16)15-25-21-11-9-17(10-12-21)14-23-24-20-8-4-7-19(22)13-20/h2-14,24H,15H2,1H3. The smallest absolute Gasteiger partial charge is 0.119 e. The molecule has 4 heteroatoms. The van der Waals surface area contributed by atoms with Crippen molar-refractivity contribution in [1.82, 2.24) is 0 Å². The molecule has 0 aliphatic carbocycles. The van der Waals surface area contributed by atoms with Crippen LogP contribution in [-0.4, -0.2) is 6.21 Å². The molecule has 3 aromatic rings. The molecular formula is C21H19ClN2O. The van der Waals surface area contributed by atoms with E-state index in [4.69, 9.17) is 16.3 Å². The second-order valence-electron chi connectivity index (χ2n) is 5.66. The fourth-order valence-electron chi connectivity index (χ4n) is 2.32. The third-order valence-electron chi connectivity index (χ3n) is 3.77. The van der Waals surface area contributed by atoms with Gasteiger partial charge in [0.15, 0.2) is 0 Å². The molecule has 0 saturated heterocycles. The van der Waals surface area contributed by atoms with Crippen LogP contribution < -0.4 is 10.2 Å². The lowest BCUT2D eigenvalue weighted by atomic mass is 10.1. The first kappa shape index (κ1) is 17.1. The summed E-state index contributed by atoms with van der Waals surface area (Å²) in [5.41, 5.74) is 7.22. The van der Waals surface area contributed by atoms with E-state index in [0.717, 1.165) is 17.0 Å². The molecule has 0 saturated carbocycles. The summed E-state index contributed by atoms with van der Waals surface area (Å²) in [5.74, 6) is 0.836. The number of hydrogen-bond donors (Lipinski definition) is 1. The molecule has 3 aromatic carbocycles. The highest BCUT2D eigenvalue weighted by atomic mass is 35.5. The van der Waals surface area contributed by atoms with Gasteiger partial charge < -0.3 is 4.74 Å². The minimum Gasteiger partial charge on any atom is -0.489 e. The van der Waals surface area contributed by atoms with E-state index < -0.39 is 0 Å². The van der Waals surface area contributed by atoms with Gasteiger partial charge in [0.25, 0.3) is 0 Å². The number of benzene rings is 3. The van der Waals surface area contributed by atoms with Crippen LogP contribution in [0.2, 0.25) is 5.02 Å². The molecule has 126 valence electrons. The van der Waals surface area contributed by atoms with E-state index in [-0.39, 0.29) is 0 Å². The molecular weight excluding hydrogens is 332 g/mol. The van der Waals surface area contributed by atoms with E-state index in [9.17, 15) is 0 Å². The number of nitrogens with zero attached hydrogens (tertiary/aromatic N) is 1. The Morgan fingerprint density at radius 3 is 2.56 bits per heavy atom. The van der Waals surface area contributed by atoms with Crippen molar-refractivity contribution in [3.8, 4) is 5.75 Å². The fraction of sp³-hybridized carbons (Fsp3) is 0.0952. The van der Waals surface area contributed by atoms with Crippen LogP contribution in [-0.2, 0) is 6.61 Å². The average Bonchev–Trinajstić information content (AvgIpc) is 2.62. The quantitative estimate of drug-likeness (QED) is 0.458. The Hall–Kier alpha value is -2.78. The highest BCUT2D eigenvalue weighted by Crippen LogP contribution is 2.16. The Balaban J connectivity index is 1.55. The molecule has 0 unspecified atom stereocenters. The van der Waals surface area contributed by atoms with Crippen LogP contribution in [0, 0.1) is 6.92 Å². The lowest BCUT2D eigenvalue weighted by Gasteiger charge is -2.08. The molecule has 1 N–H and O–H groups in total. The van der Waals surface area contributed by atoms with Crippen LogP contribution in [0.4, 0.5) is 5.69 Å². The lowest BCUT2D eigenvalue weighted by Crippen LogP contribution is -1.97. The average molecular weight is 351 g/mol. The van der Waals surface area contributed by atoms with Gasteiger partial charge in [-0.25, -0.2) is 0 Å². The van der Waals surface area contributed by atoms with E-state index in [1.807, 2.05) is 60.7 Å². The van der Waals surface area contributed by atoms with Crippen LogP contribution in [0.3, 0.4) is 0 Å². The highest BCUT2D eigenvalue weighted by molar-refractivity contribution is 6.30. The van der Waals surface area contributed by atoms with Gasteiger partial charge >= 0.3 is 0 Å². The predicted molar refractivity (Wildman–Crippen MR) is 105 cm³/mol. The Morgan fingerprint density at radius 1 is 1.00 bits per heavy atom. The van der Waals surface area contributed by atoms with Gasteiger partial charge in [-0.15, -0.1) is 0 Å². The zero-order valence-electron chi connectivity index (χ0n) is 13.9. The molecule has 3 rings (SSSR count). The largest absolute Gasteiger partial charge is 0.489 e. The number of aryl methyl sites for hydroxylation is 1. The zero-order valence-corrected chi connectivity index (χ0v) is 14.7. The maximum Gasteiger partial charge on any atom is 0.119 e. The van der Waals surface area contributed by atoms with Gasteiger partial charge in [-0.3, -0.25) is 5.43 Å². The number of hydrogen-bond acceptors (Lipinski definition) is 3. The number of halogens is 1. The molecule has 0 aliphatic heterocycles. The molecule has 0 spiro atoms. The van der Waals surface area contributed by atoms with Gasteiger partial charge in [-0.05, 0) is 66.1 Å². The van der Waals surface area contributed by atoms with Crippen molar-refractivity contribution in [2.45, 2.75) is 13.5 Å². The molecule has 0 radical (unpaired) electrons. The van der Waals surface area contributed by atoms with Gasteiger partial charge in [-0.1, -0.05) is 41.9 Å². The minimum atomic E-state index is 0.566. The fourth-order valence-corrected chi connectivity index (χ4v) is 2.51. The first-order valence-electron chi connectivity index (χ1n) is 8.03. The molecule has 0 atom stereocenters. The Morgan fingerprint density at radius 2 is 1.80 bits per heavy atom. The van der Waals surface area contributed by atoms with E-state index in [1.54, 1.807) is 6.21 Å². The Labute approximate surface area is 152 Å². The minimum absolute atomic E-state index is 0.566. The van der Waals surface area contributed by atoms with E-state index in [1.165, 1.54) is 11.1 Å². The van der Waals surface area contributed by atoms with Crippen molar-refractivity contribution in [1.29, 1.82) is 0 Å². The van der Waals surface area contributed by atoms with Gasteiger partial charge in [0, 0.05) is 5.02 Å². The van der Waals surface area contributed by atoms with Crippen LogP contribution in [0.1, 0.15) is 16.7 Å². The number of anilines is 1. The van der Waals surface area contributed by atoms with E-state index in [2.05, 4.69) is 29.6 Å². The summed E-state index contributed by atoms with van der Waals surface area (Å²) in [4.78, 5) is 0. The number of ether oxygens (including phenoxy) is 1. The summed E-state index contributed by atoms with van der Waals surface area (Å²) in [6.45, 7) is 2.65. The number of hydrazone groups is 1. The number of rotatable bonds is 6. The SMILES string of the molecule is Cc1ccccc1COc1ccc(C=NNc2cccc(Cl)c2)cc1. The number of nitrogens with one attached hydrogen (secondary N) is 1. The summed E-state index contributed by atoms with van der Waals surface area (Å²) in [6, 6.07) is 23.5. The van der Waals surface area contributed by atoms with Crippen molar-refractivity contribution in [3.63, 3.8) is 0 Å². The van der Waals surface area contributed by atoms with Gasteiger partial charge in [0.05, 0.1) is 11.9 Å².